The number of imidazole rings is 1. The predicted molar refractivity (Wildman–Crippen MR) is 91.2 cm³/mol. The maximum Gasteiger partial charge on any atom is 0.137 e. The summed E-state index contributed by atoms with van der Waals surface area (Å²) in [6, 6.07) is 10.9. The summed E-state index contributed by atoms with van der Waals surface area (Å²) in [5.41, 5.74) is 4.61. The van der Waals surface area contributed by atoms with E-state index in [4.69, 9.17) is 4.98 Å². The minimum absolute atomic E-state index is 0.413. The highest BCUT2D eigenvalue weighted by Gasteiger charge is 2.25. The third-order valence-electron chi connectivity index (χ3n) is 4.67. The van der Waals surface area contributed by atoms with Gasteiger partial charge in [-0.05, 0) is 56.1 Å². The van der Waals surface area contributed by atoms with E-state index in [9.17, 15) is 0 Å². The van der Waals surface area contributed by atoms with Crippen molar-refractivity contribution in [2.24, 2.45) is 0 Å². The molecule has 1 unspecified atom stereocenters. The van der Waals surface area contributed by atoms with Crippen LogP contribution >= 0.6 is 0 Å². The summed E-state index contributed by atoms with van der Waals surface area (Å²) in [6.45, 7) is 4.12. The number of rotatable bonds is 3. The standard InChI is InChI=1S/C19H22N4/c1-15-8-11-23-14-16(21-19(23)12-15)13-22-10-5-3-7-18(22)17-6-2-4-9-20-17/h2,4,6,8-9,11-12,14,18H,3,5,7,10,13H2,1H3. The van der Waals surface area contributed by atoms with Crippen molar-refractivity contribution in [2.75, 3.05) is 6.54 Å². The van der Waals surface area contributed by atoms with Crippen LogP contribution in [0.3, 0.4) is 0 Å². The van der Waals surface area contributed by atoms with Gasteiger partial charge in [0.05, 0.1) is 17.4 Å². The Hall–Kier alpha value is -2.20. The molecule has 1 aliphatic rings. The van der Waals surface area contributed by atoms with Crippen molar-refractivity contribution in [2.45, 2.75) is 38.8 Å². The van der Waals surface area contributed by atoms with Gasteiger partial charge in [0.2, 0.25) is 0 Å². The molecular weight excluding hydrogens is 284 g/mol. The summed E-state index contributed by atoms with van der Waals surface area (Å²) >= 11 is 0. The highest BCUT2D eigenvalue weighted by atomic mass is 15.2. The second kappa shape index (κ2) is 6.13. The molecule has 0 radical (unpaired) electrons. The molecule has 0 amide bonds. The lowest BCUT2D eigenvalue weighted by Crippen LogP contribution is -2.33. The van der Waals surface area contributed by atoms with Crippen LogP contribution in [0, 0.1) is 6.92 Å². The second-order valence-electron chi connectivity index (χ2n) is 6.44. The number of fused-ring (bicyclic) bond motifs is 1. The largest absolute Gasteiger partial charge is 0.307 e. The van der Waals surface area contributed by atoms with Crippen molar-refractivity contribution < 1.29 is 0 Å². The lowest BCUT2D eigenvalue weighted by molar-refractivity contribution is 0.136. The molecule has 0 N–H and O–H groups in total. The lowest BCUT2D eigenvalue weighted by Gasteiger charge is -2.34. The zero-order valence-electron chi connectivity index (χ0n) is 13.5. The van der Waals surface area contributed by atoms with E-state index in [2.05, 4.69) is 57.9 Å². The van der Waals surface area contributed by atoms with Gasteiger partial charge in [-0.15, -0.1) is 0 Å². The third kappa shape index (κ3) is 2.99. The van der Waals surface area contributed by atoms with Gasteiger partial charge in [0.15, 0.2) is 0 Å². The molecule has 4 heteroatoms. The SMILES string of the molecule is Cc1ccn2cc(CN3CCCCC3c3ccccn3)nc2c1. The average molecular weight is 306 g/mol. The highest BCUT2D eigenvalue weighted by molar-refractivity contribution is 5.42. The topological polar surface area (TPSA) is 33.4 Å². The first-order valence-electron chi connectivity index (χ1n) is 8.39. The molecule has 4 rings (SSSR count). The number of aryl methyl sites for hydroxylation is 1. The molecule has 0 spiro atoms. The van der Waals surface area contributed by atoms with Gasteiger partial charge in [0.25, 0.3) is 0 Å². The Morgan fingerprint density at radius 2 is 2.17 bits per heavy atom. The number of piperidine rings is 1. The first-order valence-corrected chi connectivity index (χ1v) is 8.39. The molecule has 4 heterocycles. The predicted octanol–water partition coefficient (Wildman–Crippen LogP) is 3.76. The molecule has 0 bridgehead atoms. The van der Waals surface area contributed by atoms with Crippen LogP contribution < -0.4 is 0 Å². The Labute approximate surface area is 136 Å². The molecule has 0 aliphatic carbocycles. The molecule has 1 saturated heterocycles. The van der Waals surface area contributed by atoms with E-state index in [0.29, 0.717) is 6.04 Å². The summed E-state index contributed by atoms with van der Waals surface area (Å²) in [5.74, 6) is 0. The van der Waals surface area contributed by atoms with Crippen LogP contribution in [-0.4, -0.2) is 25.8 Å². The number of hydrogen-bond donors (Lipinski definition) is 0. The molecule has 118 valence electrons. The van der Waals surface area contributed by atoms with Gasteiger partial charge in [-0.1, -0.05) is 12.5 Å². The van der Waals surface area contributed by atoms with Gasteiger partial charge in [0.1, 0.15) is 5.65 Å². The zero-order chi connectivity index (χ0) is 15.6. The lowest BCUT2D eigenvalue weighted by atomic mass is 9.98. The van der Waals surface area contributed by atoms with Gasteiger partial charge in [0, 0.05) is 25.1 Å². The van der Waals surface area contributed by atoms with Crippen molar-refractivity contribution in [3.63, 3.8) is 0 Å². The van der Waals surface area contributed by atoms with Crippen LogP contribution in [0.15, 0.2) is 48.9 Å². The van der Waals surface area contributed by atoms with Crippen LogP contribution in [0.25, 0.3) is 5.65 Å². The average Bonchev–Trinajstić information content (AvgIpc) is 2.97. The Morgan fingerprint density at radius 1 is 1.22 bits per heavy atom. The molecule has 1 fully saturated rings. The van der Waals surface area contributed by atoms with Gasteiger partial charge < -0.3 is 4.40 Å². The van der Waals surface area contributed by atoms with Crippen LogP contribution in [0.5, 0.6) is 0 Å². The van der Waals surface area contributed by atoms with Crippen molar-refractivity contribution in [3.05, 3.63) is 65.9 Å². The summed E-state index contributed by atoms with van der Waals surface area (Å²) < 4.78 is 2.11. The monoisotopic (exact) mass is 306 g/mol. The minimum atomic E-state index is 0.413. The molecule has 4 nitrogen and oxygen atoms in total. The number of hydrogen-bond acceptors (Lipinski definition) is 3. The van der Waals surface area contributed by atoms with Crippen molar-refractivity contribution in [1.29, 1.82) is 0 Å². The fourth-order valence-electron chi connectivity index (χ4n) is 3.51. The first kappa shape index (κ1) is 14.4. The minimum Gasteiger partial charge on any atom is -0.307 e. The summed E-state index contributed by atoms with van der Waals surface area (Å²) in [6.07, 6.45) is 9.86. The van der Waals surface area contributed by atoms with E-state index in [-0.39, 0.29) is 0 Å². The summed E-state index contributed by atoms with van der Waals surface area (Å²) in [7, 11) is 0. The second-order valence-corrected chi connectivity index (χ2v) is 6.44. The first-order chi connectivity index (χ1) is 11.3. The number of likely N-dealkylation sites (tertiary alicyclic amines) is 1. The molecule has 3 aromatic heterocycles. The number of pyridine rings is 2. The fraction of sp³-hybridized carbons (Fsp3) is 0.368. The molecule has 23 heavy (non-hydrogen) atoms. The molecule has 0 saturated carbocycles. The van der Waals surface area contributed by atoms with Crippen LogP contribution in [0.4, 0.5) is 0 Å². The van der Waals surface area contributed by atoms with E-state index >= 15 is 0 Å². The van der Waals surface area contributed by atoms with E-state index in [1.165, 1.54) is 30.5 Å². The van der Waals surface area contributed by atoms with Crippen molar-refractivity contribution in [3.8, 4) is 0 Å². The van der Waals surface area contributed by atoms with Gasteiger partial charge in [-0.2, -0.15) is 0 Å². The van der Waals surface area contributed by atoms with Crippen LogP contribution in [0.1, 0.15) is 42.3 Å². The van der Waals surface area contributed by atoms with Crippen LogP contribution in [-0.2, 0) is 6.54 Å². The molecule has 1 aliphatic heterocycles. The van der Waals surface area contributed by atoms with Gasteiger partial charge >= 0.3 is 0 Å². The summed E-state index contributed by atoms with van der Waals surface area (Å²) in [5, 5.41) is 0. The normalized spacial score (nSPS) is 19.3. The molecule has 0 aromatic carbocycles. The maximum absolute atomic E-state index is 4.80. The Kier molecular flexibility index (Phi) is 3.83. The Balaban J connectivity index is 1.59. The fourth-order valence-corrected chi connectivity index (χ4v) is 3.51. The van der Waals surface area contributed by atoms with E-state index in [1.807, 2.05) is 12.3 Å². The molecule has 1 atom stereocenters. The van der Waals surface area contributed by atoms with E-state index in [0.717, 1.165) is 24.4 Å². The van der Waals surface area contributed by atoms with Crippen molar-refractivity contribution in [1.82, 2.24) is 19.3 Å². The Morgan fingerprint density at radius 3 is 3.04 bits per heavy atom. The summed E-state index contributed by atoms with van der Waals surface area (Å²) in [4.78, 5) is 11.9. The quantitative estimate of drug-likeness (QED) is 0.738. The van der Waals surface area contributed by atoms with Crippen molar-refractivity contribution >= 4 is 5.65 Å². The van der Waals surface area contributed by atoms with E-state index < -0.39 is 0 Å². The van der Waals surface area contributed by atoms with Crippen LogP contribution in [0.2, 0.25) is 0 Å². The third-order valence-corrected chi connectivity index (χ3v) is 4.67. The highest BCUT2D eigenvalue weighted by Crippen LogP contribution is 2.30. The molecular formula is C19H22N4. The van der Waals surface area contributed by atoms with E-state index in [1.54, 1.807) is 0 Å². The Bertz CT molecular complexity index is 793. The maximum atomic E-state index is 4.80. The number of nitrogens with zero attached hydrogens (tertiary/aromatic N) is 4. The van der Waals surface area contributed by atoms with Gasteiger partial charge in [-0.25, -0.2) is 4.98 Å². The number of aromatic nitrogens is 3. The van der Waals surface area contributed by atoms with Gasteiger partial charge in [-0.3, -0.25) is 9.88 Å². The zero-order valence-corrected chi connectivity index (χ0v) is 13.5. The smallest absolute Gasteiger partial charge is 0.137 e. The molecule has 3 aromatic rings.